The molecule has 0 aliphatic heterocycles. The Kier molecular flexibility index (Phi) is 20.2. The maximum Gasteiger partial charge on any atom is 0.0702 e. The van der Waals surface area contributed by atoms with Crippen LogP contribution in [0.2, 0.25) is 0 Å². The van der Waals surface area contributed by atoms with Crippen LogP contribution in [0.1, 0.15) is 0 Å². The molecule has 25 aromatic carbocycles. The average Bonchev–Trinajstić information content (AvgIpc) is 1.55. The van der Waals surface area contributed by atoms with Crippen LogP contribution in [0.25, 0.3) is 226 Å². The van der Waals surface area contributed by atoms with Gasteiger partial charge in [-0.15, -0.1) is 0 Å². The van der Waals surface area contributed by atoms with Crippen molar-refractivity contribution in [3.05, 3.63) is 558 Å². The summed E-state index contributed by atoms with van der Waals surface area (Å²) in [5.41, 5.74) is 43.5. The van der Waals surface area contributed by atoms with Crippen LogP contribution >= 0.6 is 0 Å². The normalized spacial score (nSPS) is 11.8. The van der Waals surface area contributed by atoms with Gasteiger partial charge in [-0.25, -0.2) is 0 Å². The zero-order valence-electron chi connectivity index (χ0n) is 80.8. The van der Waals surface area contributed by atoms with E-state index in [0.717, 1.165) is 68.2 Å². The molecule has 6 nitrogen and oxygen atoms in total. The van der Waals surface area contributed by atoms with Gasteiger partial charge < -0.3 is 28.4 Å². The third kappa shape index (κ3) is 13.9. The monoisotopic (exact) mass is 1880 g/mol. The Morgan fingerprint density at radius 3 is 0.858 bits per heavy atom. The highest BCUT2D eigenvalue weighted by molar-refractivity contribution is 6.34. The van der Waals surface area contributed by atoms with Gasteiger partial charge in [-0.2, -0.15) is 0 Å². The summed E-state index contributed by atoms with van der Waals surface area (Å²) in [7, 11) is 0. The Bertz CT molecular complexity index is 10100. The minimum Gasteiger partial charge on any atom is -0.310 e. The van der Waals surface area contributed by atoms with E-state index in [2.05, 4.69) is 587 Å². The molecule has 148 heavy (non-hydrogen) atoms. The minimum atomic E-state index is 1.10. The topological polar surface area (TPSA) is 24.5 Å². The van der Waals surface area contributed by atoms with Gasteiger partial charge in [0.05, 0.1) is 44.5 Å². The van der Waals surface area contributed by atoms with Crippen molar-refractivity contribution < 1.29 is 0 Å². The largest absolute Gasteiger partial charge is 0.310 e. The average molecular weight is 1880 g/mol. The first-order valence-corrected chi connectivity index (χ1v) is 51.0. The molecule has 690 valence electrons. The maximum absolute atomic E-state index is 2.49. The van der Waals surface area contributed by atoms with Crippen molar-refractivity contribution in [2.75, 3.05) is 14.7 Å². The predicted octanol–water partition coefficient (Wildman–Crippen LogP) is 39.3. The Hall–Kier alpha value is -19.7. The van der Waals surface area contributed by atoms with Crippen molar-refractivity contribution in [3.8, 4) is 117 Å². The van der Waals surface area contributed by atoms with E-state index in [4.69, 9.17) is 0 Å². The smallest absolute Gasteiger partial charge is 0.0702 e. The van der Waals surface area contributed by atoms with Crippen LogP contribution < -0.4 is 14.7 Å². The summed E-state index contributed by atoms with van der Waals surface area (Å²) in [4.78, 5) is 7.09. The highest BCUT2D eigenvalue weighted by Crippen LogP contribution is 2.56. The van der Waals surface area contributed by atoms with Gasteiger partial charge in [-0.1, -0.05) is 388 Å². The van der Waals surface area contributed by atoms with Gasteiger partial charge in [-0.3, -0.25) is 0 Å². The summed E-state index contributed by atoms with van der Waals surface area (Å²) in [6, 6.07) is 203. The second-order valence-corrected chi connectivity index (χ2v) is 38.8. The van der Waals surface area contributed by atoms with Gasteiger partial charge in [0, 0.05) is 89.2 Å². The predicted molar refractivity (Wildman–Crippen MR) is 626 cm³/mol. The number of hydrogen-bond donors (Lipinski definition) is 0. The number of benzene rings is 25. The van der Waals surface area contributed by atoms with Crippen molar-refractivity contribution in [1.29, 1.82) is 0 Å². The summed E-state index contributed by atoms with van der Waals surface area (Å²) in [5, 5.41) is 18.2. The van der Waals surface area contributed by atoms with E-state index in [1.165, 1.54) is 209 Å². The fraction of sp³-hybridized carbons (Fsp3) is 0. The lowest BCUT2D eigenvalue weighted by molar-refractivity contribution is 1.15. The van der Waals surface area contributed by atoms with Gasteiger partial charge in [0.25, 0.3) is 0 Å². The molecule has 0 bridgehead atoms. The molecule has 0 unspecified atom stereocenters. The Labute approximate surface area is 857 Å². The van der Waals surface area contributed by atoms with Crippen LogP contribution in [0, 0.1) is 0 Å². The van der Waals surface area contributed by atoms with Gasteiger partial charge >= 0.3 is 0 Å². The van der Waals surface area contributed by atoms with E-state index in [0.29, 0.717) is 0 Å². The molecule has 6 heteroatoms. The third-order valence-corrected chi connectivity index (χ3v) is 30.7. The first-order valence-electron chi connectivity index (χ1n) is 51.0. The second-order valence-electron chi connectivity index (χ2n) is 38.8. The molecule has 0 spiro atoms. The summed E-state index contributed by atoms with van der Waals surface area (Å²) in [6.45, 7) is 0. The molecule has 0 radical (unpaired) electrons. The molecule has 0 fully saturated rings. The fourth-order valence-corrected chi connectivity index (χ4v) is 24.3. The molecule has 0 amide bonds. The van der Waals surface area contributed by atoms with Gasteiger partial charge in [-0.05, 0) is 313 Å². The van der Waals surface area contributed by atoms with Crippen LogP contribution in [0.3, 0.4) is 0 Å². The molecule has 28 aromatic rings. The molecule has 3 aromatic heterocycles. The van der Waals surface area contributed by atoms with Crippen LogP contribution in [0.15, 0.2) is 558 Å². The van der Waals surface area contributed by atoms with E-state index in [-0.39, 0.29) is 0 Å². The number of anilines is 9. The Morgan fingerprint density at radius 2 is 0.392 bits per heavy atom. The number of para-hydroxylation sites is 5. The van der Waals surface area contributed by atoms with E-state index in [1.54, 1.807) is 0 Å². The zero-order valence-corrected chi connectivity index (χ0v) is 80.8. The molecule has 3 heterocycles. The SMILES string of the molecule is c1ccc(-c2ccc(N(c3ccccc3)c3cccc(-n4c5cccc6c5c5c7c(cccc7ccc54)-c4ccccc4-6)c3)cc2)cc1.c1ccc(-c2cccc(N(c3ccccc3)c3ccc(-n4c5cccc6c5c5c7c(cccc7ccc54)-c4ccccc4-6)cc3)c2)cc1.c1ccc(N(c2ccc(-c3ccc4ccccc4c3)cc2)c2ccccc2-n2c3cccc4c3c3c5c(cccc5ccc32)-c2ccccc2-4)cc1. The summed E-state index contributed by atoms with van der Waals surface area (Å²) in [5.74, 6) is 0. The van der Waals surface area contributed by atoms with Gasteiger partial charge in [0.1, 0.15) is 0 Å². The molecule has 0 atom stereocenters. The Balaban J connectivity index is 0.000000105. The van der Waals surface area contributed by atoms with Crippen molar-refractivity contribution in [2.24, 2.45) is 0 Å². The lowest BCUT2D eigenvalue weighted by Gasteiger charge is -2.28. The third-order valence-electron chi connectivity index (χ3n) is 30.7. The molecular formula is C142H92N6. The highest BCUT2D eigenvalue weighted by atomic mass is 15.2. The van der Waals surface area contributed by atoms with E-state index < -0.39 is 0 Å². The number of rotatable bonds is 15. The quantitative estimate of drug-likeness (QED) is 0.102. The second kappa shape index (κ2) is 35.2. The first-order chi connectivity index (χ1) is 73.5. The standard InChI is InChI=1S/C50H32N2.2C46H30N2/c1-2-15-38(16-3-1)51(39-29-26-34(27-30-39)37-25-24-33-12-4-5-13-36(33)32-37)44-21-8-9-22-45(44)52-46-23-11-20-43-41-18-7-6-17-40(41)42-19-10-14-35-28-31-47(52)50(48(35)42)49(43)46;1-3-12-31(13-4-1)33-15-9-18-37(30-33)47(34-16-5-2-6-17-34)35-25-27-36(28-26-35)48-42-23-11-22-41-39-20-8-7-19-38(39)40-21-10-14-32-24-29-43(48)46(44(32)40)45(41)42;1-3-12-31(13-4-1)32-24-27-35(28-25-32)47(34-15-5-2-6-16-34)36-17-10-18-37(30-36)48-42-23-11-22-41-39-20-8-7-19-38(39)40-21-9-14-33-26-29-43(48)46(44(33)40)45(41)42/h1-32H;2*1-30H. The van der Waals surface area contributed by atoms with Crippen LogP contribution in [0.5, 0.6) is 0 Å². The number of nitrogens with zero attached hydrogens (tertiary/aromatic N) is 6. The number of hydrogen-bond acceptors (Lipinski definition) is 3. The lowest BCUT2D eigenvalue weighted by Crippen LogP contribution is -2.13. The van der Waals surface area contributed by atoms with Crippen molar-refractivity contribution in [1.82, 2.24) is 13.7 Å². The number of aromatic nitrogens is 3. The first kappa shape index (κ1) is 85.1. The van der Waals surface area contributed by atoms with Crippen LogP contribution in [-0.2, 0) is 0 Å². The van der Waals surface area contributed by atoms with Crippen LogP contribution in [0.4, 0.5) is 51.2 Å². The Morgan fingerprint density at radius 1 is 0.122 bits per heavy atom. The lowest BCUT2D eigenvalue weighted by atomic mass is 9.93. The summed E-state index contributed by atoms with van der Waals surface area (Å²) in [6.07, 6.45) is 0. The number of fused-ring (bicyclic) bond motifs is 10. The van der Waals surface area contributed by atoms with Crippen molar-refractivity contribution in [2.45, 2.75) is 0 Å². The molecule has 0 saturated heterocycles. The molecule has 0 saturated carbocycles. The van der Waals surface area contributed by atoms with E-state index >= 15 is 0 Å². The molecule has 3 aliphatic rings. The van der Waals surface area contributed by atoms with Crippen molar-refractivity contribution >= 4 is 160 Å². The zero-order chi connectivity index (χ0) is 97.4. The van der Waals surface area contributed by atoms with Gasteiger partial charge in [0.2, 0.25) is 0 Å². The summed E-state index contributed by atoms with van der Waals surface area (Å²) >= 11 is 0. The molecule has 3 aliphatic carbocycles. The fourth-order valence-electron chi connectivity index (χ4n) is 24.3. The van der Waals surface area contributed by atoms with Gasteiger partial charge in [0.15, 0.2) is 0 Å². The maximum atomic E-state index is 2.49. The molecule has 0 N–H and O–H groups in total. The van der Waals surface area contributed by atoms with Crippen LogP contribution in [-0.4, -0.2) is 13.7 Å². The summed E-state index contributed by atoms with van der Waals surface area (Å²) < 4.78 is 7.40. The van der Waals surface area contributed by atoms with Crippen molar-refractivity contribution in [3.63, 3.8) is 0 Å². The minimum absolute atomic E-state index is 1.10. The molecular weight excluding hydrogens is 1790 g/mol. The highest BCUT2D eigenvalue weighted by Gasteiger charge is 2.32. The van der Waals surface area contributed by atoms with E-state index in [9.17, 15) is 0 Å². The molecule has 31 rings (SSSR count). The van der Waals surface area contributed by atoms with E-state index in [1.807, 2.05) is 0 Å².